The maximum atomic E-state index is 13.0. The van der Waals surface area contributed by atoms with Gasteiger partial charge in [-0.25, -0.2) is 9.78 Å². The van der Waals surface area contributed by atoms with Crippen molar-refractivity contribution >= 4 is 39.9 Å². The molecule has 1 saturated heterocycles. The van der Waals surface area contributed by atoms with E-state index in [1.165, 1.54) is 13.4 Å². The van der Waals surface area contributed by atoms with Crippen LogP contribution >= 0.6 is 11.3 Å². The molecule has 3 heterocycles. The van der Waals surface area contributed by atoms with Gasteiger partial charge in [-0.1, -0.05) is 41.7 Å². The molecule has 0 saturated carbocycles. The lowest BCUT2D eigenvalue weighted by Gasteiger charge is -2.20. The minimum Gasteiger partial charge on any atom is -0.507 e. The summed E-state index contributed by atoms with van der Waals surface area (Å²) in [6, 6.07) is 10.6. The number of hydrogen-bond donors (Lipinski definition) is 1. The smallest absolute Gasteiger partial charge is 0.350 e. The zero-order valence-electron chi connectivity index (χ0n) is 16.0. The second kappa shape index (κ2) is 7.60. The second-order valence-electron chi connectivity index (χ2n) is 6.45. The van der Waals surface area contributed by atoms with Gasteiger partial charge in [0.2, 0.25) is 0 Å². The van der Waals surface area contributed by atoms with Gasteiger partial charge in [0.15, 0.2) is 5.13 Å². The van der Waals surface area contributed by atoms with Crippen molar-refractivity contribution in [3.05, 3.63) is 76.2 Å². The Balaban J connectivity index is 1.90. The number of ketones is 1. The van der Waals surface area contributed by atoms with E-state index in [9.17, 15) is 19.5 Å². The number of benzene rings is 1. The number of carbonyl (C=O) groups excluding carboxylic acids is 3. The molecular weight excluding hydrogens is 408 g/mol. The average molecular weight is 424 g/mol. The van der Waals surface area contributed by atoms with Gasteiger partial charge in [0.25, 0.3) is 5.78 Å². The van der Waals surface area contributed by atoms with Gasteiger partial charge in [-0.3, -0.25) is 14.5 Å². The number of aryl methyl sites for hydroxylation is 1. The van der Waals surface area contributed by atoms with Gasteiger partial charge in [0.1, 0.15) is 22.4 Å². The lowest BCUT2D eigenvalue weighted by Crippen LogP contribution is -2.29. The molecule has 0 unspecified atom stereocenters. The van der Waals surface area contributed by atoms with Crippen molar-refractivity contribution in [3.63, 3.8) is 0 Å². The molecule has 1 atom stereocenters. The Labute approximate surface area is 175 Å². The Hall–Kier alpha value is -3.72. The maximum Gasteiger partial charge on any atom is 0.350 e. The Kier molecular flexibility index (Phi) is 4.96. The van der Waals surface area contributed by atoms with Crippen molar-refractivity contribution in [1.82, 2.24) is 4.98 Å². The molecule has 0 spiro atoms. The summed E-state index contributed by atoms with van der Waals surface area (Å²) in [4.78, 5) is 43.5. The van der Waals surface area contributed by atoms with Crippen LogP contribution in [0.5, 0.6) is 0 Å². The molecule has 3 aromatic rings. The summed E-state index contributed by atoms with van der Waals surface area (Å²) in [6.07, 6.45) is 1.41. The number of aromatic nitrogens is 1. The van der Waals surface area contributed by atoms with Crippen molar-refractivity contribution in [3.8, 4) is 0 Å². The maximum absolute atomic E-state index is 13.0. The van der Waals surface area contributed by atoms with Gasteiger partial charge in [0, 0.05) is 5.56 Å². The number of methoxy groups -OCH3 is 1. The van der Waals surface area contributed by atoms with E-state index in [1.807, 2.05) is 0 Å². The molecule has 8 nitrogen and oxygen atoms in total. The quantitative estimate of drug-likeness (QED) is 0.296. The highest BCUT2D eigenvalue weighted by atomic mass is 32.1. The summed E-state index contributed by atoms with van der Waals surface area (Å²) >= 11 is 0.927. The number of hydrogen-bond acceptors (Lipinski definition) is 8. The monoisotopic (exact) mass is 424 g/mol. The first-order valence-electron chi connectivity index (χ1n) is 8.89. The first-order valence-corrected chi connectivity index (χ1v) is 9.71. The topological polar surface area (TPSA) is 110 Å². The number of nitrogens with zero attached hydrogens (tertiary/aromatic N) is 2. The Morgan fingerprint density at radius 3 is 2.57 bits per heavy atom. The van der Waals surface area contributed by atoms with Crippen LogP contribution in [0.2, 0.25) is 0 Å². The highest BCUT2D eigenvalue weighted by molar-refractivity contribution is 7.17. The number of aliphatic hydroxyl groups excluding tert-OH is 1. The van der Waals surface area contributed by atoms with E-state index >= 15 is 0 Å². The molecule has 0 bridgehead atoms. The van der Waals surface area contributed by atoms with Crippen LogP contribution < -0.4 is 4.90 Å². The zero-order valence-corrected chi connectivity index (χ0v) is 16.8. The summed E-state index contributed by atoms with van der Waals surface area (Å²) in [5.74, 6) is -2.38. The number of esters is 1. The zero-order chi connectivity index (χ0) is 21.4. The van der Waals surface area contributed by atoms with Gasteiger partial charge in [-0.2, -0.15) is 0 Å². The predicted octanol–water partition coefficient (Wildman–Crippen LogP) is 3.46. The first-order chi connectivity index (χ1) is 14.4. The van der Waals surface area contributed by atoms with Crippen LogP contribution in [0.15, 0.2) is 58.7 Å². The third-order valence-corrected chi connectivity index (χ3v) is 5.80. The van der Waals surface area contributed by atoms with E-state index < -0.39 is 23.7 Å². The highest BCUT2D eigenvalue weighted by Gasteiger charge is 2.49. The third kappa shape index (κ3) is 3.09. The van der Waals surface area contributed by atoms with Crippen LogP contribution in [0.3, 0.4) is 0 Å². The summed E-state index contributed by atoms with van der Waals surface area (Å²) in [6.45, 7) is 1.61. The van der Waals surface area contributed by atoms with E-state index in [0.29, 0.717) is 11.3 Å². The van der Waals surface area contributed by atoms with Gasteiger partial charge in [0.05, 0.1) is 24.6 Å². The number of ether oxygens (including phenoxy) is 1. The van der Waals surface area contributed by atoms with Gasteiger partial charge >= 0.3 is 11.9 Å². The van der Waals surface area contributed by atoms with Crippen LogP contribution in [0.4, 0.5) is 5.13 Å². The summed E-state index contributed by atoms with van der Waals surface area (Å²) in [7, 11) is 1.25. The second-order valence-corrected chi connectivity index (χ2v) is 7.43. The molecule has 0 radical (unpaired) electrons. The van der Waals surface area contributed by atoms with E-state index in [4.69, 9.17) is 9.15 Å². The molecule has 1 amide bonds. The summed E-state index contributed by atoms with van der Waals surface area (Å²) in [5.41, 5.74) is 0.635. The molecule has 9 heteroatoms. The largest absolute Gasteiger partial charge is 0.507 e. The minimum atomic E-state index is -1.03. The molecule has 30 heavy (non-hydrogen) atoms. The van der Waals surface area contributed by atoms with E-state index in [-0.39, 0.29) is 27.1 Å². The fourth-order valence-corrected chi connectivity index (χ4v) is 4.28. The minimum absolute atomic E-state index is 0.117. The average Bonchev–Trinajstić information content (AvgIpc) is 3.47. The van der Waals surface area contributed by atoms with E-state index in [0.717, 1.165) is 16.2 Å². The molecule has 1 aliphatic rings. The van der Waals surface area contributed by atoms with Crippen LogP contribution in [-0.2, 0) is 14.3 Å². The molecule has 1 fully saturated rings. The summed E-state index contributed by atoms with van der Waals surface area (Å²) < 4.78 is 10.2. The van der Waals surface area contributed by atoms with Gasteiger partial charge < -0.3 is 14.3 Å². The van der Waals surface area contributed by atoms with Crippen LogP contribution in [0.25, 0.3) is 5.76 Å². The third-order valence-electron chi connectivity index (χ3n) is 4.67. The number of thiazole rings is 1. The SMILES string of the molecule is COC(=O)c1sc(N2C(=O)C(=O)C(=C(O)c3ccccc3)[C@H]2c2ccco2)nc1C. The normalized spacial score (nSPS) is 18.1. The standard InChI is InChI=1S/C21H16N2O6S/c1-11-18(20(27)28-2)30-21(22-11)23-15(13-9-6-10-29-13)14(17(25)19(23)26)16(24)12-7-4-3-5-8-12/h3-10,15,24H,1-2H3/t15-/m1/s1. The predicted molar refractivity (Wildman–Crippen MR) is 108 cm³/mol. The molecule has 1 aromatic carbocycles. The van der Waals surface area contributed by atoms with Crippen molar-refractivity contribution in [2.75, 3.05) is 12.0 Å². The number of Topliss-reactive ketones (excluding diaryl/α,β-unsaturated/α-hetero) is 1. The first kappa shape index (κ1) is 19.6. The summed E-state index contributed by atoms with van der Waals surface area (Å²) in [5, 5.41) is 11.0. The Morgan fingerprint density at radius 1 is 1.20 bits per heavy atom. The van der Waals surface area contributed by atoms with E-state index in [1.54, 1.807) is 49.4 Å². The number of rotatable bonds is 4. The van der Waals surface area contributed by atoms with Crippen LogP contribution in [-0.4, -0.2) is 34.9 Å². The number of aliphatic hydroxyl groups is 1. The molecule has 0 aliphatic carbocycles. The molecule has 1 aliphatic heterocycles. The van der Waals surface area contributed by atoms with Gasteiger partial charge in [-0.15, -0.1) is 0 Å². The number of amides is 1. The van der Waals surface area contributed by atoms with Gasteiger partial charge in [-0.05, 0) is 19.1 Å². The molecule has 2 aromatic heterocycles. The number of carbonyl (C=O) groups is 3. The van der Waals surface area contributed by atoms with Crippen LogP contribution in [0.1, 0.15) is 32.7 Å². The molecule has 4 rings (SSSR count). The van der Waals surface area contributed by atoms with Crippen LogP contribution in [0, 0.1) is 6.92 Å². The fourth-order valence-electron chi connectivity index (χ4n) is 3.26. The van der Waals surface area contributed by atoms with E-state index in [2.05, 4.69) is 4.98 Å². The van der Waals surface area contributed by atoms with Crippen molar-refractivity contribution in [2.45, 2.75) is 13.0 Å². The highest BCUT2D eigenvalue weighted by Crippen LogP contribution is 2.43. The number of anilines is 1. The van der Waals surface area contributed by atoms with Crippen molar-refractivity contribution in [1.29, 1.82) is 0 Å². The lowest BCUT2D eigenvalue weighted by atomic mass is 9.99. The number of furan rings is 1. The molecule has 1 N–H and O–H groups in total. The van der Waals surface area contributed by atoms with Crippen molar-refractivity contribution < 1.29 is 28.6 Å². The Morgan fingerprint density at radius 2 is 1.93 bits per heavy atom. The molecular formula is C21H16N2O6S. The van der Waals surface area contributed by atoms with Crippen molar-refractivity contribution in [2.24, 2.45) is 0 Å². The Bertz CT molecular complexity index is 1160. The fraction of sp³-hybridized carbons (Fsp3) is 0.143. The molecule has 152 valence electrons. The lowest BCUT2D eigenvalue weighted by molar-refractivity contribution is -0.132.